The molecule has 0 amide bonds. The lowest BCUT2D eigenvalue weighted by Gasteiger charge is -2.11. The summed E-state index contributed by atoms with van der Waals surface area (Å²) in [5, 5.41) is -0.409. The molecule has 0 aromatic heterocycles. The van der Waals surface area contributed by atoms with E-state index in [1.165, 1.54) is 0 Å². The summed E-state index contributed by atoms with van der Waals surface area (Å²) in [4.78, 5) is 0. The van der Waals surface area contributed by atoms with E-state index in [4.69, 9.17) is 15.2 Å². The molecular formula is C15H21NO4S. The number of sulfone groups is 1. The minimum absolute atomic E-state index is 0.0273. The Bertz CT molecular complexity index is 627. The summed E-state index contributed by atoms with van der Waals surface area (Å²) in [7, 11) is -1.56. The Morgan fingerprint density at radius 2 is 2.05 bits per heavy atom. The molecule has 116 valence electrons. The number of hydrogen-bond acceptors (Lipinski definition) is 5. The maximum absolute atomic E-state index is 11.7. The molecule has 0 fully saturated rings. The second-order valence-electron chi connectivity index (χ2n) is 4.63. The SMILES string of the molecule is COc1ccc(OCCS(=O)(=O)C(C)C)c(C#CCN)c1. The van der Waals surface area contributed by atoms with Crippen LogP contribution in [0.1, 0.15) is 19.4 Å². The normalized spacial score (nSPS) is 10.9. The molecule has 0 aliphatic rings. The molecule has 1 rings (SSSR count). The van der Waals surface area contributed by atoms with E-state index in [2.05, 4.69) is 11.8 Å². The summed E-state index contributed by atoms with van der Waals surface area (Å²) < 4.78 is 34.1. The van der Waals surface area contributed by atoms with Crippen LogP contribution in [0.2, 0.25) is 0 Å². The van der Waals surface area contributed by atoms with E-state index in [0.29, 0.717) is 17.1 Å². The summed E-state index contributed by atoms with van der Waals surface area (Å²) >= 11 is 0. The van der Waals surface area contributed by atoms with Crippen LogP contribution in [0.4, 0.5) is 0 Å². The highest BCUT2D eigenvalue weighted by molar-refractivity contribution is 7.91. The predicted octanol–water partition coefficient (Wildman–Crippen LogP) is 1.21. The van der Waals surface area contributed by atoms with Gasteiger partial charge in [0.25, 0.3) is 0 Å². The van der Waals surface area contributed by atoms with E-state index >= 15 is 0 Å². The quantitative estimate of drug-likeness (QED) is 0.799. The number of hydrogen-bond donors (Lipinski definition) is 1. The van der Waals surface area contributed by atoms with Crippen molar-refractivity contribution in [2.75, 3.05) is 26.0 Å². The van der Waals surface area contributed by atoms with Gasteiger partial charge in [0, 0.05) is 0 Å². The van der Waals surface area contributed by atoms with E-state index in [-0.39, 0.29) is 18.9 Å². The molecule has 5 nitrogen and oxygen atoms in total. The van der Waals surface area contributed by atoms with Crippen LogP contribution in [0.5, 0.6) is 11.5 Å². The van der Waals surface area contributed by atoms with Gasteiger partial charge in [0.05, 0.1) is 30.2 Å². The van der Waals surface area contributed by atoms with Crippen LogP contribution in [-0.2, 0) is 9.84 Å². The fourth-order valence-electron chi connectivity index (χ4n) is 1.51. The van der Waals surface area contributed by atoms with Gasteiger partial charge in [-0.3, -0.25) is 0 Å². The van der Waals surface area contributed by atoms with E-state index in [1.807, 2.05) is 0 Å². The highest BCUT2D eigenvalue weighted by Crippen LogP contribution is 2.23. The predicted molar refractivity (Wildman–Crippen MR) is 83.3 cm³/mol. The minimum Gasteiger partial charge on any atom is -0.497 e. The average molecular weight is 311 g/mol. The number of ether oxygens (including phenoxy) is 2. The Morgan fingerprint density at radius 1 is 1.33 bits per heavy atom. The first-order valence-electron chi connectivity index (χ1n) is 6.62. The van der Waals surface area contributed by atoms with Crippen molar-refractivity contribution in [3.8, 4) is 23.3 Å². The Hall–Kier alpha value is -1.71. The van der Waals surface area contributed by atoms with Crippen LogP contribution < -0.4 is 15.2 Å². The molecule has 0 unspecified atom stereocenters. The van der Waals surface area contributed by atoms with Crippen molar-refractivity contribution in [2.45, 2.75) is 19.1 Å². The van der Waals surface area contributed by atoms with Crippen LogP contribution in [0.3, 0.4) is 0 Å². The minimum atomic E-state index is -3.12. The Balaban J connectivity index is 2.83. The van der Waals surface area contributed by atoms with Crippen LogP contribution in [0, 0.1) is 11.8 Å². The van der Waals surface area contributed by atoms with Gasteiger partial charge in [-0.1, -0.05) is 11.8 Å². The fraction of sp³-hybridized carbons (Fsp3) is 0.467. The third-order valence-electron chi connectivity index (χ3n) is 2.86. The summed E-state index contributed by atoms with van der Waals surface area (Å²) in [6.07, 6.45) is 0. The first kappa shape index (κ1) is 17.3. The lowest BCUT2D eigenvalue weighted by atomic mass is 10.2. The number of nitrogens with two attached hydrogens (primary N) is 1. The van der Waals surface area contributed by atoms with E-state index in [9.17, 15) is 8.42 Å². The first-order valence-corrected chi connectivity index (χ1v) is 8.33. The average Bonchev–Trinajstić information content (AvgIpc) is 2.45. The maximum atomic E-state index is 11.7. The van der Waals surface area contributed by atoms with Gasteiger partial charge in [-0.05, 0) is 32.0 Å². The highest BCUT2D eigenvalue weighted by Gasteiger charge is 2.16. The first-order chi connectivity index (χ1) is 9.90. The molecule has 2 N–H and O–H groups in total. The van der Waals surface area contributed by atoms with Crippen molar-refractivity contribution in [1.82, 2.24) is 0 Å². The number of benzene rings is 1. The van der Waals surface area contributed by atoms with Crippen molar-refractivity contribution < 1.29 is 17.9 Å². The molecule has 0 radical (unpaired) electrons. The van der Waals surface area contributed by atoms with Crippen LogP contribution >= 0.6 is 0 Å². The van der Waals surface area contributed by atoms with Gasteiger partial charge in [-0.2, -0.15) is 0 Å². The largest absolute Gasteiger partial charge is 0.497 e. The smallest absolute Gasteiger partial charge is 0.155 e. The molecule has 0 bridgehead atoms. The van der Waals surface area contributed by atoms with Crippen molar-refractivity contribution in [3.63, 3.8) is 0 Å². The molecular weight excluding hydrogens is 290 g/mol. The van der Waals surface area contributed by atoms with Crippen LogP contribution in [0.15, 0.2) is 18.2 Å². The number of rotatable bonds is 6. The zero-order valence-corrected chi connectivity index (χ0v) is 13.4. The number of methoxy groups -OCH3 is 1. The summed E-state index contributed by atoms with van der Waals surface area (Å²) in [5.74, 6) is 6.78. The van der Waals surface area contributed by atoms with Crippen molar-refractivity contribution >= 4 is 9.84 Å². The standard InChI is InChI=1S/C15H21NO4S/c1-12(2)21(17,18)10-9-20-15-7-6-14(19-3)11-13(15)5-4-8-16/h6-7,11-12H,8-10,16H2,1-3H3. The van der Waals surface area contributed by atoms with Gasteiger partial charge in [-0.15, -0.1) is 0 Å². The summed E-state index contributed by atoms with van der Waals surface area (Å²) in [6, 6.07) is 5.18. The van der Waals surface area contributed by atoms with E-state index < -0.39 is 15.1 Å². The third-order valence-corrected chi connectivity index (χ3v) is 5.03. The van der Waals surface area contributed by atoms with Gasteiger partial charge < -0.3 is 15.2 Å². The molecule has 0 saturated heterocycles. The molecule has 1 aromatic carbocycles. The lowest BCUT2D eigenvalue weighted by Crippen LogP contribution is -2.22. The molecule has 0 aliphatic heterocycles. The summed E-state index contributed by atoms with van der Waals surface area (Å²) in [6.45, 7) is 3.63. The topological polar surface area (TPSA) is 78.6 Å². The third kappa shape index (κ3) is 5.29. The summed E-state index contributed by atoms with van der Waals surface area (Å²) in [5.41, 5.74) is 5.99. The lowest BCUT2D eigenvalue weighted by molar-refractivity contribution is 0.338. The van der Waals surface area contributed by atoms with E-state index in [1.54, 1.807) is 39.2 Å². The second-order valence-corrected chi connectivity index (χ2v) is 7.31. The Labute approximate surface area is 126 Å². The Kier molecular flexibility index (Phi) is 6.53. The van der Waals surface area contributed by atoms with Gasteiger partial charge in [0.1, 0.15) is 18.1 Å². The molecule has 0 spiro atoms. The van der Waals surface area contributed by atoms with Crippen molar-refractivity contribution in [3.05, 3.63) is 23.8 Å². The van der Waals surface area contributed by atoms with Gasteiger partial charge in [0.15, 0.2) is 9.84 Å². The molecule has 0 aliphatic carbocycles. The zero-order valence-electron chi connectivity index (χ0n) is 12.5. The molecule has 0 saturated carbocycles. The van der Waals surface area contributed by atoms with Gasteiger partial charge in [0.2, 0.25) is 0 Å². The zero-order chi connectivity index (χ0) is 15.9. The highest BCUT2D eigenvalue weighted by atomic mass is 32.2. The Morgan fingerprint density at radius 3 is 2.62 bits per heavy atom. The van der Waals surface area contributed by atoms with Gasteiger partial charge >= 0.3 is 0 Å². The van der Waals surface area contributed by atoms with E-state index in [0.717, 1.165) is 0 Å². The van der Waals surface area contributed by atoms with Gasteiger partial charge in [-0.25, -0.2) is 8.42 Å². The monoisotopic (exact) mass is 311 g/mol. The molecule has 21 heavy (non-hydrogen) atoms. The molecule has 6 heteroatoms. The van der Waals surface area contributed by atoms with Crippen LogP contribution in [-0.4, -0.2) is 39.7 Å². The fourth-order valence-corrected chi connectivity index (χ4v) is 2.30. The van der Waals surface area contributed by atoms with Crippen LogP contribution in [0.25, 0.3) is 0 Å². The van der Waals surface area contributed by atoms with Crippen molar-refractivity contribution in [1.29, 1.82) is 0 Å². The molecule has 0 atom stereocenters. The molecule has 0 heterocycles. The van der Waals surface area contributed by atoms with Crippen molar-refractivity contribution in [2.24, 2.45) is 5.73 Å². The molecule has 1 aromatic rings. The second kappa shape index (κ2) is 7.91. The maximum Gasteiger partial charge on any atom is 0.155 e.